The van der Waals surface area contributed by atoms with Gasteiger partial charge in [0.2, 0.25) is 0 Å². The zero-order valence-corrected chi connectivity index (χ0v) is 13.8. The third kappa shape index (κ3) is 4.09. The van der Waals surface area contributed by atoms with Crippen LogP contribution in [0.3, 0.4) is 0 Å². The molecule has 2 rings (SSSR count). The van der Waals surface area contributed by atoms with Gasteiger partial charge >= 0.3 is 0 Å². The van der Waals surface area contributed by atoms with Crippen LogP contribution in [0.2, 0.25) is 0 Å². The van der Waals surface area contributed by atoms with Crippen LogP contribution in [0.1, 0.15) is 84.0 Å². The molecular weight excluding hydrogens is 268 g/mol. The third-order valence-corrected chi connectivity index (χ3v) is 7.46. The van der Waals surface area contributed by atoms with E-state index in [1.54, 1.807) is 0 Å². The van der Waals surface area contributed by atoms with Crippen LogP contribution in [-0.4, -0.2) is 18.9 Å². The summed E-state index contributed by atoms with van der Waals surface area (Å²) in [4.78, 5) is 0. The molecule has 2 aliphatic rings. The molecule has 20 heavy (non-hydrogen) atoms. The normalized spacial score (nSPS) is 28.1. The molecular formula is C17H30O2S. The largest absolute Gasteiger partial charge is 0.228 e. The molecule has 0 amide bonds. The Balaban J connectivity index is 1.71. The maximum atomic E-state index is 12.2. The summed E-state index contributed by atoms with van der Waals surface area (Å²) < 4.78 is 24.3. The van der Waals surface area contributed by atoms with Crippen LogP contribution >= 0.6 is 0 Å². The van der Waals surface area contributed by atoms with Crippen molar-refractivity contribution in [3.8, 4) is 0 Å². The number of unbranched alkanes of at least 4 members (excludes halogenated alkanes) is 6. The Hall–Kier alpha value is -0.310. The molecule has 0 aromatic heterocycles. The van der Waals surface area contributed by atoms with E-state index in [0.717, 1.165) is 32.1 Å². The maximum Gasteiger partial charge on any atom is 0.159 e. The minimum Gasteiger partial charge on any atom is -0.228 e. The Morgan fingerprint density at radius 1 is 1.05 bits per heavy atom. The molecule has 1 fully saturated rings. The number of rotatable bonds is 8. The number of sulfone groups is 1. The van der Waals surface area contributed by atoms with Crippen LogP contribution < -0.4 is 0 Å². The highest BCUT2D eigenvalue weighted by atomic mass is 32.2. The number of hydrogen-bond acceptors (Lipinski definition) is 2. The van der Waals surface area contributed by atoms with Crippen molar-refractivity contribution < 1.29 is 8.42 Å². The summed E-state index contributed by atoms with van der Waals surface area (Å²) in [5, 5.41) is -0.194. The standard InChI is InChI=1S/C17H30O2S/c1-2-3-4-5-6-7-8-10-15-13-16-11-9-12-17(14-15)20(16,18)19/h13,16-17H,2-12,14H2,1H3. The molecule has 3 heteroatoms. The van der Waals surface area contributed by atoms with Gasteiger partial charge in [-0.05, 0) is 32.1 Å². The van der Waals surface area contributed by atoms with Crippen LogP contribution in [0.25, 0.3) is 0 Å². The molecule has 0 aromatic carbocycles. The SMILES string of the molecule is CCCCCCCCCC1=CC2CCCC(C1)S2(=O)=O. The van der Waals surface area contributed by atoms with Crippen LogP contribution in [0.4, 0.5) is 0 Å². The molecule has 2 unspecified atom stereocenters. The van der Waals surface area contributed by atoms with Crippen molar-refractivity contribution in [2.75, 3.05) is 0 Å². The Kier molecular flexibility index (Phi) is 6.13. The molecule has 0 aromatic rings. The van der Waals surface area contributed by atoms with Gasteiger partial charge in [0.15, 0.2) is 9.84 Å². The lowest BCUT2D eigenvalue weighted by Gasteiger charge is -2.33. The molecule has 0 aliphatic carbocycles. The monoisotopic (exact) mass is 298 g/mol. The summed E-state index contributed by atoms with van der Waals surface area (Å²) in [5.41, 5.74) is 1.43. The van der Waals surface area contributed by atoms with Gasteiger partial charge in [-0.15, -0.1) is 0 Å². The molecule has 2 heterocycles. The Bertz CT molecular complexity index is 422. The van der Waals surface area contributed by atoms with Crippen molar-refractivity contribution in [1.29, 1.82) is 0 Å². The number of hydrogen-bond donors (Lipinski definition) is 0. The van der Waals surface area contributed by atoms with Gasteiger partial charge in [0.1, 0.15) is 0 Å². The van der Waals surface area contributed by atoms with Crippen molar-refractivity contribution >= 4 is 9.84 Å². The summed E-state index contributed by atoms with van der Waals surface area (Å²) in [6.07, 6.45) is 16.2. The quantitative estimate of drug-likeness (QED) is 0.477. The molecule has 2 nitrogen and oxygen atoms in total. The molecule has 2 atom stereocenters. The number of fused-ring (bicyclic) bond motifs is 2. The second-order valence-electron chi connectivity index (χ2n) is 6.58. The summed E-state index contributed by atoms with van der Waals surface area (Å²) in [7, 11) is -2.82. The van der Waals surface area contributed by atoms with Crippen molar-refractivity contribution in [3.63, 3.8) is 0 Å². The minimum atomic E-state index is -2.82. The molecule has 0 spiro atoms. The van der Waals surface area contributed by atoms with Gasteiger partial charge in [0, 0.05) is 0 Å². The highest BCUT2D eigenvalue weighted by molar-refractivity contribution is 7.92. The van der Waals surface area contributed by atoms with E-state index in [4.69, 9.17) is 0 Å². The van der Waals surface area contributed by atoms with E-state index in [9.17, 15) is 8.42 Å². The first-order valence-corrected chi connectivity index (χ1v) is 10.2. The summed E-state index contributed by atoms with van der Waals surface area (Å²) >= 11 is 0. The van der Waals surface area contributed by atoms with Gasteiger partial charge in [-0.2, -0.15) is 0 Å². The van der Waals surface area contributed by atoms with Crippen molar-refractivity contribution in [3.05, 3.63) is 11.6 Å². The summed E-state index contributed by atoms with van der Waals surface area (Å²) in [5.74, 6) is 0. The first-order chi connectivity index (χ1) is 9.64. The predicted molar refractivity (Wildman–Crippen MR) is 85.7 cm³/mol. The van der Waals surface area contributed by atoms with E-state index in [-0.39, 0.29) is 10.5 Å². The topological polar surface area (TPSA) is 34.1 Å². The summed E-state index contributed by atoms with van der Waals surface area (Å²) in [6, 6.07) is 0. The second-order valence-corrected chi connectivity index (χ2v) is 9.03. The van der Waals surface area contributed by atoms with Gasteiger partial charge in [0.05, 0.1) is 10.5 Å². The van der Waals surface area contributed by atoms with Gasteiger partial charge < -0.3 is 0 Å². The predicted octanol–water partition coefficient (Wildman–Crippen LogP) is 4.79. The first kappa shape index (κ1) is 16.1. The molecule has 0 N–H and O–H groups in total. The minimum absolute atomic E-state index is 0.0502. The van der Waals surface area contributed by atoms with Crippen molar-refractivity contribution in [2.24, 2.45) is 0 Å². The first-order valence-electron chi connectivity index (χ1n) is 8.57. The van der Waals surface area contributed by atoms with E-state index in [1.807, 2.05) is 0 Å². The van der Waals surface area contributed by atoms with Crippen LogP contribution in [0.5, 0.6) is 0 Å². The van der Waals surface area contributed by atoms with Crippen LogP contribution in [-0.2, 0) is 9.84 Å². The lowest BCUT2D eigenvalue weighted by molar-refractivity contribution is 0.502. The van der Waals surface area contributed by atoms with E-state index in [1.165, 1.54) is 50.5 Å². The van der Waals surface area contributed by atoms with E-state index in [0.29, 0.717) is 0 Å². The van der Waals surface area contributed by atoms with Crippen LogP contribution in [0.15, 0.2) is 11.6 Å². The fourth-order valence-electron chi connectivity index (χ4n) is 3.64. The molecule has 2 aliphatic heterocycles. The fourth-order valence-corrected chi connectivity index (χ4v) is 5.95. The number of allylic oxidation sites excluding steroid dienone is 1. The molecule has 2 bridgehead atoms. The summed E-state index contributed by atoms with van der Waals surface area (Å²) in [6.45, 7) is 2.25. The van der Waals surface area contributed by atoms with E-state index >= 15 is 0 Å². The Morgan fingerprint density at radius 3 is 2.45 bits per heavy atom. The lowest BCUT2D eigenvalue weighted by Crippen LogP contribution is -2.38. The van der Waals surface area contributed by atoms with Crippen LogP contribution in [0, 0.1) is 0 Å². The van der Waals surface area contributed by atoms with Crippen molar-refractivity contribution in [1.82, 2.24) is 0 Å². The average Bonchev–Trinajstić information content (AvgIpc) is 2.38. The average molecular weight is 298 g/mol. The van der Waals surface area contributed by atoms with Crippen molar-refractivity contribution in [2.45, 2.75) is 94.5 Å². The zero-order chi connectivity index (χ0) is 14.4. The van der Waals surface area contributed by atoms with Gasteiger partial charge in [-0.25, -0.2) is 8.42 Å². The zero-order valence-electron chi connectivity index (χ0n) is 12.9. The lowest BCUT2D eigenvalue weighted by atomic mass is 9.94. The fraction of sp³-hybridized carbons (Fsp3) is 0.882. The molecule has 1 saturated heterocycles. The molecule has 0 radical (unpaired) electrons. The van der Waals surface area contributed by atoms with Gasteiger partial charge in [0.25, 0.3) is 0 Å². The highest BCUT2D eigenvalue weighted by Gasteiger charge is 2.39. The second kappa shape index (κ2) is 7.63. The Morgan fingerprint density at radius 2 is 1.75 bits per heavy atom. The van der Waals surface area contributed by atoms with E-state index in [2.05, 4.69) is 13.0 Å². The van der Waals surface area contributed by atoms with E-state index < -0.39 is 9.84 Å². The van der Waals surface area contributed by atoms with Gasteiger partial charge in [-0.1, -0.05) is 63.5 Å². The molecule has 116 valence electrons. The third-order valence-electron chi connectivity index (χ3n) is 4.91. The van der Waals surface area contributed by atoms with Gasteiger partial charge in [-0.3, -0.25) is 0 Å². The maximum absolute atomic E-state index is 12.2. The smallest absolute Gasteiger partial charge is 0.159 e. The highest BCUT2D eigenvalue weighted by Crippen LogP contribution is 2.37. The Labute approximate surface area is 125 Å². The molecule has 0 saturated carbocycles.